The molecular weight excluding hydrogens is 372 g/mol. The van der Waals surface area contributed by atoms with Gasteiger partial charge in [0, 0.05) is 12.0 Å². The number of aliphatic hydroxyl groups is 1. The third kappa shape index (κ3) is 5.36. The summed E-state index contributed by atoms with van der Waals surface area (Å²) in [7, 11) is 0. The number of hydrogen-bond donors (Lipinski definition) is 3. The average Bonchev–Trinajstić information content (AvgIpc) is 3.05. The summed E-state index contributed by atoms with van der Waals surface area (Å²) in [5.41, 5.74) is 1.74. The molecule has 3 aromatic rings. The Morgan fingerprint density at radius 1 is 1.03 bits per heavy atom. The topological polar surface area (TPSA) is 101 Å². The highest BCUT2D eigenvalue weighted by Crippen LogP contribution is 2.25. The second-order valence-electron chi connectivity index (χ2n) is 7.58. The van der Waals surface area contributed by atoms with Gasteiger partial charge in [-0.05, 0) is 63.1 Å². The largest absolute Gasteiger partial charge is 0.451 e. The summed E-state index contributed by atoms with van der Waals surface area (Å²) < 4.78 is 10.9. The van der Waals surface area contributed by atoms with Crippen LogP contribution in [0.25, 0.3) is 11.0 Å². The van der Waals surface area contributed by atoms with Crippen LogP contribution in [0.1, 0.15) is 36.9 Å². The normalized spacial score (nSPS) is 11.3. The van der Waals surface area contributed by atoms with Crippen molar-refractivity contribution in [2.24, 2.45) is 0 Å². The lowest BCUT2D eigenvalue weighted by atomic mass is 10.1. The molecule has 3 rings (SSSR count). The van der Waals surface area contributed by atoms with Crippen molar-refractivity contribution in [3.63, 3.8) is 0 Å². The Hall–Kier alpha value is -3.32. The van der Waals surface area contributed by atoms with Crippen molar-refractivity contribution in [2.75, 3.05) is 17.2 Å². The molecule has 0 spiro atoms. The fourth-order valence-corrected chi connectivity index (χ4v) is 2.79. The highest BCUT2D eigenvalue weighted by molar-refractivity contribution is 6.07. The van der Waals surface area contributed by atoms with E-state index in [4.69, 9.17) is 14.3 Å². The molecule has 0 radical (unpaired) electrons. The van der Waals surface area contributed by atoms with Crippen molar-refractivity contribution >= 4 is 34.3 Å². The zero-order valence-corrected chi connectivity index (χ0v) is 16.6. The average molecular weight is 396 g/mol. The number of anilines is 2. The van der Waals surface area contributed by atoms with Crippen molar-refractivity contribution in [1.29, 1.82) is 0 Å². The molecule has 0 fully saturated rings. The maximum Gasteiger partial charge on any atom is 0.412 e. The molecule has 7 heteroatoms. The molecule has 1 heterocycles. The quantitative estimate of drug-likeness (QED) is 0.587. The van der Waals surface area contributed by atoms with E-state index in [0.29, 0.717) is 23.4 Å². The number of benzene rings is 2. The number of amides is 2. The molecule has 2 amide bonds. The van der Waals surface area contributed by atoms with E-state index >= 15 is 0 Å². The summed E-state index contributed by atoms with van der Waals surface area (Å²) >= 11 is 0. The molecule has 0 bridgehead atoms. The van der Waals surface area contributed by atoms with Gasteiger partial charge in [-0.1, -0.05) is 18.2 Å². The molecule has 29 heavy (non-hydrogen) atoms. The van der Waals surface area contributed by atoms with Gasteiger partial charge in [-0.25, -0.2) is 4.79 Å². The number of aliphatic hydroxyl groups excluding tert-OH is 1. The Morgan fingerprint density at radius 3 is 2.38 bits per heavy atom. The van der Waals surface area contributed by atoms with Crippen molar-refractivity contribution in [2.45, 2.75) is 32.8 Å². The molecule has 0 aliphatic heterocycles. The molecular formula is C22H24N2O5. The van der Waals surface area contributed by atoms with Gasteiger partial charge in [0.15, 0.2) is 5.76 Å². The van der Waals surface area contributed by atoms with Crippen LogP contribution < -0.4 is 10.6 Å². The van der Waals surface area contributed by atoms with Crippen LogP contribution in [-0.4, -0.2) is 29.3 Å². The van der Waals surface area contributed by atoms with E-state index in [1.807, 2.05) is 12.1 Å². The molecule has 3 N–H and O–H groups in total. The van der Waals surface area contributed by atoms with Crippen LogP contribution in [0.5, 0.6) is 0 Å². The van der Waals surface area contributed by atoms with Gasteiger partial charge in [0.2, 0.25) is 0 Å². The van der Waals surface area contributed by atoms with Crippen molar-refractivity contribution in [3.8, 4) is 0 Å². The minimum Gasteiger partial charge on any atom is -0.451 e. The molecule has 152 valence electrons. The number of fused-ring (bicyclic) bond motifs is 1. The number of ether oxygens (including phenoxy) is 1. The summed E-state index contributed by atoms with van der Waals surface area (Å²) in [4.78, 5) is 24.7. The Labute approximate surface area is 168 Å². The predicted octanol–water partition coefficient (Wildman–Crippen LogP) is 4.57. The molecule has 0 unspecified atom stereocenters. The lowest BCUT2D eigenvalue weighted by Gasteiger charge is -2.20. The Balaban J connectivity index is 1.77. The molecule has 2 aromatic carbocycles. The number of nitrogens with one attached hydrogen (secondary N) is 2. The predicted molar refractivity (Wildman–Crippen MR) is 111 cm³/mol. The van der Waals surface area contributed by atoms with E-state index in [9.17, 15) is 9.59 Å². The minimum absolute atomic E-state index is 0.0537. The first-order valence-corrected chi connectivity index (χ1v) is 9.29. The number of hydrogen-bond acceptors (Lipinski definition) is 5. The number of carbonyl (C=O) groups excluding carboxylic acids is 2. The minimum atomic E-state index is -0.634. The molecule has 0 saturated heterocycles. The van der Waals surface area contributed by atoms with Crippen LogP contribution in [0.3, 0.4) is 0 Å². The molecule has 0 atom stereocenters. The van der Waals surface area contributed by atoms with E-state index in [-0.39, 0.29) is 12.4 Å². The van der Waals surface area contributed by atoms with Crippen LogP contribution in [-0.2, 0) is 11.2 Å². The lowest BCUT2D eigenvalue weighted by molar-refractivity contribution is 0.0635. The fourth-order valence-electron chi connectivity index (χ4n) is 2.79. The van der Waals surface area contributed by atoms with Gasteiger partial charge in [0.05, 0.1) is 11.4 Å². The lowest BCUT2D eigenvalue weighted by Crippen LogP contribution is -2.27. The van der Waals surface area contributed by atoms with Gasteiger partial charge < -0.3 is 19.6 Å². The van der Waals surface area contributed by atoms with Gasteiger partial charge in [-0.15, -0.1) is 0 Å². The van der Waals surface area contributed by atoms with Crippen molar-refractivity contribution < 1.29 is 23.8 Å². The van der Waals surface area contributed by atoms with Crippen molar-refractivity contribution in [3.05, 3.63) is 59.9 Å². The number of para-hydroxylation sites is 2. The molecule has 0 saturated carbocycles. The molecule has 0 aliphatic carbocycles. The monoisotopic (exact) mass is 396 g/mol. The van der Waals surface area contributed by atoms with Crippen LogP contribution >= 0.6 is 0 Å². The smallest absolute Gasteiger partial charge is 0.412 e. The zero-order valence-electron chi connectivity index (χ0n) is 16.6. The van der Waals surface area contributed by atoms with E-state index in [2.05, 4.69) is 10.6 Å². The standard InChI is InChI=1S/C22H24N2O5/c1-22(2,3)29-21(27)24-17-7-5-4-6-16(17)23-20(26)19-13-15-12-14(10-11-25)8-9-18(15)28-19/h4-9,12-13,25H,10-11H2,1-3H3,(H,23,26)(H,24,27). The maximum absolute atomic E-state index is 12.7. The van der Waals surface area contributed by atoms with E-state index < -0.39 is 17.6 Å². The highest BCUT2D eigenvalue weighted by Gasteiger charge is 2.19. The third-order valence-electron chi connectivity index (χ3n) is 4.02. The first kappa shape index (κ1) is 20.4. The summed E-state index contributed by atoms with van der Waals surface area (Å²) in [5, 5.41) is 15.2. The van der Waals surface area contributed by atoms with Gasteiger partial charge in [0.1, 0.15) is 11.2 Å². The molecule has 0 aliphatic rings. The maximum atomic E-state index is 12.7. The third-order valence-corrected chi connectivity index (χ3v) is 4.02. The fraction of sp³-hybridized carbons (Fsp3) is 0.273. The molecule has 7 nitrogen and oxygen atoms in total. The number of rotatable bonds is 5. The van der Waals surface area contributed by atoms with E-state index in [1.165, 1.54) is 0 Å². The summed E-state index contributed by atoms with van der Waals surface area (Å²) in [5.74, 6) is -0.295. The Bertz CT molecular complexity index is 1030. The zero-order chi connectivity index (χ0) is 21.0. The summed E-state index contributed by atoms with van der Waals surface area (Å²) in [6.45, 7) is 5.37. The van der Waals surface area contributed by atoms with Crippen LogP contribution in [0, 0.1) is 0 Å². The SMILES string of the molecule is CC(C)(C)OC(=O)Nc1ccccc1NC(=O)c1cc2cc(CCO)ccc2o1. The van der Waals surface area contributed by atoms with Crippen LogP contribution in [0.4, 0.5) is 16.2 Å². The van der Waals surface area contributed by atoms with Gasteiger partial charge >= 0.3 is 6.09 Å². The highest BCUT2D eigenvalue weighted by atomic mass is 16.6. The summed E-state index contributed by atoms with van der Waals surface area (Å²) in [6.07, 6.45) is -0.0776. The van der Waals surface area contributed by atoms with Crippen LogP contribution in [0.2, 0.25) is 0 Å². The van der Waals surface area contributed by atoms with Crippen LogP contribution in [0.15, 0.2) is 52.9 Å². The van der Waals surface area contributed by atoms with Gasteiger partial charge in [-0.2, -0.15) is 0 Å². The molecule has 1 aromatic heterocycles. The van der Waals surface area contributed by atoms with E-state index in [0.717, 1.165) is 10.9 Å². The first-order valence-electron chi connectivity index (χ1n) is 9.29. The second kappa shape index (κ2) is 8.36. The Kier molecular flexibility index (Phi) is 5.89. The Morgan fingerprint density at radius 2 is 1.72 bits per heavy atom. The second-order valence-corrected chi connectivity index (χ2v) is 7.58. The first-order chi connectivity index (χ1) is 13.7. The van der Waals surface area contributed by atoms with Gasteiger partial charge in [0.25, 0.3) is 5.91 Å². The van der Waals surface area contributed by atoms with Gasteiger partial charge in [-0.3, -0.25) is 10.1 Å². The summed E-state index contributed by atoms with van der Waals surface area (Å²) in [6, 6.07) is 14.0. The number of furan rings is 1. The van der Waals surface area contributed by atoms with E-state index in [1.54, 1.807) is 57.2 Å². The van der Waals surface area contributed by atoms with Crippen molar-refractivity contribution in [1.82, 2.24) is 0 Å². The number of carbonyl (C=O) groups is 2.